The number of ether oxygens (including phenoxy) is 1. The molecule has 0 aliphatic heterocycles. The SMILES string of the molecule is CCCNCc1ccc(SCCCOCC(F)(F)F)cc1. The molecule has 0 amide bonds. The summed E-state index contributed by atoms with van der Waals surface area (Å²) >= 11 is 1.63. The van der Waals surface area contributed by atoms with Crippen molar-refractivity contribution in [1.29, 1.82) is 0 Å². The van der Waals surface area contributed by atoms with Crippen LogP contribution in [0.4, 0.5) is 13.2 Å². The van der Waals surface area contributed by atoms with Crippen LogP contribution in [0.5, 0.6) is 0 Å². The summed E-state index contributed by atoms with van der Waals surface area (Å²) in [5, 5.41) is 3.33. The molecule has 2 nitrogen and oxygen atoms in total. The molecule has 0 aromatic heterocycles. The van der Waals surface area contributed by atoms with Crippen molar-refractivity contribution in [2.45, 2.75) is 37.4 Å². The molecule has 0 aliphatic carbocycles. The van der Waals surface area contributed by atoms with Gasteiger partial charge >= 0.3 is 6.18 Å². The van der Waals surface area contributed by atoms with E-state index in [2.05, 4.69) is 29.1 Å². The molecule has 6 heteroatoms. The molecule has 0 atom stereocenters. The summed E-state index contributed by atoms with van der Waals surface area (Å²) in [6.07, 6.45) is -2.50. The Morgan fingerprint density at radius 3 is 2.52 bits per heavy atom. The summed E-state index contributed by atoms with van der Waals surface area (Å²) in [6, 6.07) is 8.24. The molecule has 0 radical (unpaired) electrons. The van der Waals surface area contributed by atoms with Gasteiger partial charge in [0.1, 0.15) is 6.61 Å². The fourth-order valence-corrected chi connectivity index (χ4v) is 2.48. The van der Waals surface area contributed by atoms with Crippen LogP contribution in [0.25, 0.3) is 0 Å². The van der Waals surface area contributed by atoms with E-state index >= 15 is 0 Å². The first kappa shape index (κ1) is 18.3. The monoisotopic (exact) mass is 321 g/mol. The van der Waals surface area contributed by atoms with Gasteiger partial charge in [0.05, 0.1) is 0 Å². The lowest BCUT2D eigenvalue weighted by atomic mass is 10.2. The Labute approximate surface area is 128 Å². The van der Waals surface area contributed by atoms with Crippen molar-refractivity contribution in [2.24, 2.45) is 0 Å². The number of alkyl halides is 3. The summed E-state index contributed by atoms with van der Waals surface area (Å²) in [5.74, 6) is 0.755. The molecule has 0 spiro atoms. The van der Waals surface area contributed by atoms with E-state index in [4.69, 9.17) is 0 Å². The highest BCUT2D eigenvalue weighted by Gasteiger charge is 2.27. The Morgan fingerprint density at radius 1 is 1.19 bits per heavy atom. The fourth-order valence-electron chi connectivity index (χ4n) is 1.65. The van der Waals surface area contributed by atoms with E-state index in [9.17, 15) is 13.2 Å². The number of thioether (sulfide) groups is 1. The van der Waals surface area contributed by atoms with Gasteiger partial charge in [0.25, 0.3) is 0 Å². The second kappa shape index (κ2) is 10.1. The third-order valence-corrected chi connectivity index (χ3v) is 3.75. The van der Waals surface area contributed by atoms with Gasteiger partial charge in [0.15, 0.2) is 0 Å². The molecule has 0 aliphatic rings. The summed E-state index contributed by atoms with van der Waals surface area (Å²) in [7, 11) is 0. The molecule has 0 saturated heterocycles. The lowest BCUT2D eigenvalue weighted by molar-refractivity contribution is -0.173. The van der Waals surface area contributed by atoms with Crippen molar-refractivity contribution < 1.29 is 17.9 Å². The van der Waals surface area contributed by atoms with E-state index in [1.807, 2.05) is 12.1 Å². The molecule has 0 unspecified atom stereocenters. The number of rotatable bonds is 10. The Morgan fingerprint density at radius 2 is 1.90 bits per heavy atom. The van der Waals surface area contributed by atoms with Gasteiger partial charge in [-0.15, -0.1) is 11.8 Å². The van der Waals surface area contributed by atoms with Gasteiger partial charge in [-0.05, 0) is 37.1 Å². The molecule has 0 heterocycles. The molecule has 21 heavy (non-hydrogen) atoms. The van der Waals surface area contributed by atoms with Crippen molar-refractivity contribution in [3.8, 4) is 0 Å². The van der Waals surface area contributed by atoms with Gasteiger partial charge < -0.3 is 10.1 Å². The van der Waals surface area contributed by atoms with Gasteiger partial charge in [-0.25, -0.2) is 0 Å². The van der Waals surface area contributed by atoms with Crippen LogP contribution in [0.2, 0.25) is 0 Å². The van der Waals surface area contributed by atoms with Gasteiger partial charge in [-0.3, -0.25) is 0 Å². The molecule has 1 aromatic rings. The maximum atomic E-state index is 11.8. The molecule has 1 aromatic carbocycles. The molecule has 1 rings (SSSR count). The topological polar surface area (TPSA) is 21.3 Å². The average molecular weight is 321 g/mol. The average Bonchev–Trinajstić information content (AvgIpc) is 2.43. The first-order valence-corrected chi connectivity index (χ1v) is 8.07. The van der Waals surface area contributed by atoms with Crippen LogP contribution in [-0.4, -0.2) is 31.7 Å². The third-order valence-electron chi connectivity index (χ3n) is 2.65. The van der Waals surface area contributed by atoms with Gasteiger partial charge in [-0.2, -0.15) is 13.2 Å². The summed E-state index contributed by atoms with van der Waals surface area (Å²) < 4.78 is 40.1. The Hall–Kier alpha value is -0.720. The number of hydrogen-bond donors (Lipinski definition) is 1. The van der Waals surface area contributed by atoms with E-state index in [0.717, 1.165) is 30.2 Å². The second-order valence-corrected chi connectivity index (χ2v) is 5.86. The van der Waals surface area contributed by atoms with Gasteiger partial charge in [0.2, 0.25) is 0 Å². The van der Waals surface area contributed by atoms with Crippen LogP contribution in [0.1, 0.15) is 25.3 Å². The number of hydrogen-bond acceptors (Lipinski definition) is 3. The maximum absolute atomic E-state index is 11.8. The lowest BCUT2D eigenvalue weighted by Crippen LogP contribution is -2.17. The minimum Gasteiger partial charge on any atom is -0.372 e. The van der Waals surface area contributed by atoms with Crippen LogP contribution < -0.4 is 5.32 Å². The molecule has 120 valence electrons. The molecule has 0 fully saturated rings. The van der Waals surface area contributed by atoms with Crippen molar-refractivity contribution in [2.75, 3.05) is 25.5 Å². The minimum atomic E-state index is -4.23. The van der Waals surface area contributed by atoms with E-state index in [-0.39, 0.29) is 6.61 Å². The zero-order valence-corrected chi connectivity index (χ0v) is 13.0. The third kappa shape index (κ3) is 9.77. The molecule has 0 bridgehead atoms. The molecular formula is C15H22F3NOS. The summed E-state index contributed by atoms with van der Waals surface area (Å²) in [4.78, 5) is 1.13. The highest BCUT2D eigenvalue weighted by atomic mass is 32.2. The summed E-state index contributed by atoms with van der Waals surface area (Å²) in [6.45, 7) is 2.99. The Kier molecular flexibility index (Phi) is 8.80. The minimum absolute atomic E-state index is 0.144. The predicted molar refractivity (Wildman–Crippen MR) is 80.7 cm³/mol. The quantitative estimate of drug-likeness (QED) is 0.514. The number of nitrogens with one attached hydrogen (secondary N) is 1. The summed E-state index contributed by atoms with van der Waals surface area (Å²) in [5.41, 5.74) is 1.24. The van der Waals surface area contributed by atoms with Gasteiger partial charge in [0, 0.05) is 23.8 Å². The Balaban J connectivity index is 2.12. The lowest BCUT2D eigenvalue weighted by Gasteiger charge is -2.07. The zero-order chi connectivity index (χ0) is 15.6. The maximum Gasteiger partial charge on any atom is 0.411 e. The normalized spacial score (nSPS) is 11.8. The van der Waals surface area contributed by atoms with Gasteiger partial charge in [-0.1, -0.05) is 19.1 Å². The molecule has 1 N–H and O–H groups in total. The van der Waals surface area contributed by atoms with Crippen LogP contribution >= 0.6 is 11.8 Å². The molecule has 0 saturated carbocycles. The molecular weight excluding hydrogens is 299 g/mol. The van der Waals surface area contributed by atoms with E-state index in [1.54, 1.807) is 11.8 Å². The highest BCUT2D eigenvalue weighted by molar-refractivity contribution is 7.99. The van der Waals surface area contributed by atoms with Crippen molar-refractivity contribution in [1.82, 2.24) is 5.32 Å². The van der Waals surface area contributed by atoms with Crippen LogP contribution in [0.3, 0.4) is 0 Å². The van der Waals surface area contributed by atoms with Crippen molar-refractivity contribution >= 4 is 11.8 Å². The fraction of sp³-hybridized carbons (Fsp3) is 0.600. The van der Waals surface area contributed by atoms with Crippen molar-refractivity contribution in [3.05, 3.63) is 29.8 Å². The van der Waals surface area contributed by atoms with Crippen LogP contribution in [-0.2, 0) is 11.3 Å². The number of benzene rings is 1. The van der Waals surface area contributed by atoms with E-state index in [1.165, 1.54) is 5.56 Å². The second-order valence-electron chi connectivity index (χ2n) is 4.69. The standard InChI is InChI=1S/C15H22F3NOS/c1-2-8-19-11-13-4-6-14(7-5-13)21-10-3-9-20-12-15(16,17)18/h4-7,19H,2-3,8-12H2,1H3. The van der Waals surface area contributed by atoms with E-state index in [0.29, 0.717) is 6.42 Å². The first-order chi connectivity index (χ1) is 10.0. The largest absolute Gasteiger partial charge is 0.411 e. The highest BCUT2D eigenvalue weighted by Crippen LogP contribution is 2.20. The smallest absolute Gasteiger partial charge is 0.372 e. The Bertz CT molecular complexity index is 382. The van der Waals surface area contributed by atoms with Crippen molar-refractivity contribution in [3.63, 3.8) is 0 Å². The predicted octanol–water partition coefficient (Wildman–Crippen LogP) is 4.25. The van der Waals surface area contributed by atoms with Crippen LogP contribution in [0.15, 0.2) is 29.2 Å². The van der Waals surface area contributed by atoms with Crippen LogP contribution in [0, 0.1) is 0 Å². The zero-order valence-electron chi connectivity index (χ0n) is 12.2. The number of halogens is 3. The van der Waals surface area contributed by atoms with E-state index < -0.39 is 12.8 Å². The first-order valence-electron chi connectivity index (χ1n) is 7.08.